The van der Waals surface area contributed by atoms with Gasteiger partial charge in [0.1, 0.15) is 18.1 Å². The van der Waals surface area contributed by atoms with Crippen LogP contribution >= 0.6 is 0 Å². The summed E-state index contributed by atoms with van der Waals surface area (Å²) in [6.07, 6.45) is 0. The number of anilines is 1. The Balaban J connectivity index is 1.30. The summed E-state index contributed by atoms with van der Waals surface area (Å²) >= 11 is 0. The summed E-state index contributed by atoms with van der Waals surface area (Å²) in [4.78, 5) is 25.2. The zero-order valence-electron chi connectivity index (χ0n) is 22.7. The van der Waals surface area contributed by atoms with Crippen molar-refractivity contribution in [2.24, 2.45) is 0 Å². The molecule has 0 atom stereocenters. The number of benzene rings is 4. The molecule has 2 N–H and O–H groups in total. The van der Waals surface area contributed by atoms with Crippen LogP contribution in [0.25, 0.3) is 0 Å². The summed E-state index contributed by atoms with van der Waals surface area (Å²) in [5, 5.41) is 0. The monoisotopic (exact) mass is 573 g/mol. The molecule has 41 heavy (non-hydrogen) atoms. The van der Waals surface area contributed by atoms with E-state index in [0.717, 1.165) is 11.3 Å². The molecular weight excluding hydrogens is 542 g/mol. The van der Waals surface area contributed by atoms with Crippen molar-refractivity contribution in [2.45, 2.75) is 25.3 Å². The summed E-state index contributed by atoms with van der Waals surface area (Å²) in [5.41, 5.74) is 6.68. The number of nitrogens with zero attached hydrogens (tertiary/aromatic N) is 1. The molecule has 0 aliphatic carbocycles. The van der Waals surface area contributed by atoms with Crippen molar-refractivity contribution in [2.75, 3.05) is 17.5 Å². The second-order valence-electron chi connectivity index (χ2n) is 8.83. The second-order valence-corrected chi connectivity index (χ2v) is 10.7. The third-order valence-corrected chi connectivity index (χ3v) is 8.00. The van der Waals surface area contributed by atoms with Crippen LogP contribution in [0.15, 0.2) is 108 Å². The summed E-state index contributed by atoms with van der Waals surface area (Å²) in [6, 6.07) is 28.4. The summed E-state index contributed by atoms with van der Waals surface area (Å²) in [7, 11) is -3.82. The van der Waals surface area contributed by atoms with E-state index in [-0.39, 0.29) is 17.0 Å². The molecule has 0 fully saturated rings. The molecule has 10 heteroatoms. The fraction of sp³-hybridized carbons (Fsp3) is 0.161. The van der Waals surface area contributed by atoms with Crippen LogP contribution < -0.4 is 24.6 Å². The number of hydrogen-bond donors (Lipinski definition) is 2. The lowest BCUT2D eigenvalue weighted by Crippen LogP contribution is -2.41. The van der Waals surface area contributed by atoms with Crippen LogP contribution in [-0.2, 0) is 16.6 Å². The fourth-order valence-electron chi connectivity index (χ4n) is 3.97. The first-order valence-corrected chi connectivity index (χ1v) is 14.5. The molecule has 0 radical (unpaired) electrons. The van der Waals surface area contributed by atoms with Crippen LogP contribution in [0.3, 0.4) is 0 Å². The number of amides is 2. The van der Waals surface area contributed by atoms with E-state index in [9.17, 15) is 18.0 Å². The van der Waals surface area contributed by atoms with E-state index in [4.69, 9.17) is 9.47 Å². The Morgan fingerprint density at radius 3 is 1.71 bits per heavy atom. The number of carbonyl (C=O) groups is 2. The molecule has 4 rings (SSSR count). The highest BCUT2D eigenvalue weighted by atomic mass is 32.2. The molecule has 0 heterocycles. The van der Waals surface area contributed by atoms with Gasteiger partial charge in [-0.3, -0.25) is 24.7 Å². The van der Waals surface area contributed by atoms with Gasteiger partial charge >= 0.3 is 0 Å². The number of ether oxygens (including phenoxy) is 2. The highest BCUT2D eigenvalue weighted by Crippen LogP contribution is 2.23. The highest BCUT2D eigenvalue weighted by molar-refractivity contribution is 7.92. The number of carbonyl (C=O) groups excluding carboxylic acids is 2. The maximum atomic E-state index is 13.1. The molecule has 0 aromatic heterocycles. The fourth-order valence-corrected chi connectivity index (χ4v) is 5.44. The number of hydrazine groups is 1. The van der Waals surface area contributed by atoms with E-state index in [0.29, 0.717) is 30.2 Å². The normalized spacial score (nSPS) is 10.9. The van der Waals surface area contributed by atoms with E-state index in [1.54, 1.807) is 55.5 Å². The highest BCUT2D eigenvalue weighted by Gasteiger charge is 2.23. The van der Waals surface area contributed by atoms with E-state index in [1.807, 2.05) is 37.3 Å². The van der Waals surface area contributed by atoms with E-state index < -0.39 is 21.8 Å². The van der Waals surface area contributed by atoms with Crippen LogP contribution in [0.5, 0.6) is 11.5 Å². The van der Waals surface area contributed by atoms with Gasteiger partial charge in [-0.25, -0.2) is 8.42 Å². The van der Waals surface area contributed by atoms with Gasteiger partial charge in [-0.15, -0.1) is 0 Å². The predicted molar refractivity (Wildman–Crippen MR) is 156 cm³/mol. The summed E-state index contributed by atoms with van der Waals surface area (Å²) < 4.78 is 38.8. The Bertz CT molecular complexity index is 1560. The smallest absolute Gasteiger partial charge is 0.269 e. The molecule has 2 amide bonds. The SMILES string of the molecule is CCOc1ccc(OCc2ccc(C(=O)NNC(=O)c3ccc(S(=O)(=O)N(CC)c4ccccc4)cc3)cc2)cc1. The molecule has 0 saturated heterocycles. The van der Waals surface area contributed by atoms with Crippen molar-refractivity contribution < 1.29 is 27.5 Å². The minimum absolute atomic E-state index is 0.0513. The second kappa shape index (κ2) is 13.5. The van der Waals surface area contributed by atoms with Gasteiger partial charge in [-0.1, -0.05) is 30.3 Å². The molecular formula is C31H31N3O6S. The van der Waals surface area contributed by atoms with Gasteiger partial charge in [0.2, 0.25) is 0 Å². The van der Waals surface area contributed by atoms with Crippen molar-refractivity contribution in [1.29, 1.82) is 0 Å². The number of para-hydroxylation sites is 1. The van der Waals surface area contributed by atoms with E-state index >= 15 is 0 Å². The molecule has 0 aliphatic rings. The number of sulfonamides is 1. The van der Waals surface area contributed by atoms with Gasteiger partial charge in [0.05, 0.1) is 17.2 Å². The van der Waals surface area contributed by atoms with Crippen molar-refractivity contribution in [3.63, 3.8) is 0 Å². The lowest BCUT2D eigenvalue weighted by Gasteiger charge is -2.23. The first-order valence-electron chi connectivity index (χ1n) is 13.0. The molecule has 0 bridgehead atoms. The maximum absolute atomic E-state index is 13.1. The van der Waals surface area contributed by atoms with Crippen LogP contribution in [0.4, 0.5) is 5.69 Å². The third kappa shape index (κ3) is 7.43. The van der Waals surface area contributed by atoms with Crippen molar-refractivity contribution in [3.05, 3.63) is 120 Å². The van der Waals surface area contributed by atoms with Gasteiger partial charge in [0.15, 0.2) is 0 Å². The van der Waals surface area contributed by atoms with Crippen LogP contribution in [0, 0.1) is 0 Å². The first kappa shape index (κ1) is 29.2. The zero-order valence-corrected chi connectivity index (χ0v) is 23.6. The molecule has 0 spiro atoms. The van der Waals surface area contributed by atoms with Crippen LogP contribution in [0.1, 0.15) is 40.1 Å². The van der Waals surface area contributed by atoms with Gasteiger partial charge in [-0.2, -0.15) is 0 Å². The van der Waals surface area contributed by atoms with Gasteiger partial charge in [0.25, 0.3) is 21.8 Å². The third-order valence-electron chi connectivity index (χ3n) is 6.08. The van der Waals surface area contributed by atoms with Gasteiger partial charge in [-0.05, 0) is 92.2 Å². The maximum Gasteiger partial charge on any atom is 0.269 e. The molecule has 0 unspecified atom stereocenters. The lowest BCUT2D eigenvalue weighted by molar-refractivity contribution is 0.0846. The summed E-state index contributed by atoms with van der Waals surface area (Å²) in [5.74, 6) is 0.382. The topological polar surface area (TPSA) is 114 Å². The number of rotatable bonds is 11. The molecule has 0 aliphatic heterocycles. The average molecular weight is 574 g/mol. The Morgan fingerprint density at radius 1 is 0.683 bits per heavy atom. The van der Waals surface area contributed by atoms with Crippen molar-refractivity contribution >= 4 is 27.5 Å². The molecule has 212 valence electrons. The Hall–Kier alpha value is -4.83. The van der Waals surface area contributed by atoms with Crippen molar-refractivity contribution in [3.8, 4) is 11.5 Å². The van der Waals surface area contributed by atoms with E-state index in [2.05, 4.69) is 10.9 Å². The predicted octanol–water partition coefficient (Wildman–Crippen LogP) is 4.95. The number of hydrogen-bond acceptors (Lipinski definition) is 6. The van der Waals surface area contributed by atoms with E-state index in [1.165, 1.54) is 28.6 Å². The first-order chi connectivity index (χ1) is 19.8. The van der Waals surface area contributed by atoms with Gasteiger partial charge in [0, 0.05) is 17.7 Å². The van der Waals surface area contributed by atoms with Crippen LogP contribution in [-0.4, -0.2) is 33.4 Å². The van der Waals surface area contributed by atoms with Crippen LogP contribution in [0.2, 0.25) is 0 Å². The Labute approximate surface area is 239 Å². The molecule has 0 saturated carbocycles. The largest absolute Gasteiger partial charge is 0.494 e. The minimum Gasteiger partial charge on any atom is -0.494 e. The Kier molecular flexibility index (Phi) is 9.60. The summed E-state index contributed by atoms with van der Waals surface area (Å²) in [6.45, 7) is 4.83. The van der Waals surface area contributed by atoms with Gasteiger partial charge < -0.3 is 9.47 Å². The molecule has 9 nitrogen and oxygen atoms in total. The lowest BCUT2D eigenvalue weighted by atomic mass is 10.1. The quantitative estimate of drug-likeness (QED) is 0.245. The molecule has 4 aromatic carbocycles. The standard InChI is InChI=1S/C31H31N3O6S/c1-3-34(26-8-6-5-7-9-26)41(37,38)29-20-14-25(15-21-29)31(36)33-32-30(35)24-12-10-23(11-13-24)22-40-28-18-16-27(17-19-28)39-4-2/h5-21H,3-4,22H2,1-2H3,(H,32,35)(H,33,36). The average Bonchev–Trinajstić information content (AvgIpc) is 3.00. The zero-order chi connectivity index (χ0) is 29.2. The molecule has 4 aromatic rings. The minimum atomic E-state index is -3.82. The van der Waals surface area contributed by atoms with Crippen molar-refractivity contribution in [1.82, 2.24) is 10.9 Å². The Morgan fingerprint density at radius 2 is 1.20 bits per heavy atom. The number of nitrogens with one attached hydrogen (secondary N) is 2.